The van der Waals surface area contributed by atoms with Crippen molar-refractivity contribution in [1.29, 1.82) is 5.26 Å². The smallest absolute Gasteiger partial charge is 0.253 e. The Kier molecular flexibility index (Phi) is 4.41. The van der Waals surface area contributed by atoms with Gasteiger partial charge >= 0.3 is 0 Å². The van der Waals surface area contributed by atoms with Crippen LogP contribution >= 0.6 is 0 Å². The average molecular weight is 271 g/mol. The number of amides is 1. The van der Waals surface area contributed by atoms with Crippen molar-refractivity contribution in [3.8, 4) is 6.07 Å². The van der Waals surface area contributed by atoms with Gasteiger partial charge in [0.1, 0.15) is 0 Å². The molecule has 1 aromatic carbocycles. The first-order valence-corrected chi connectivity index (χ1v) is 7.03. The molecule has 4 heteroatoms. The minimum Gasteiger partial charge on any atom is -0.336 e. The highest BCUT2D eigenvalue weighted by atomic mass is 16.2. The summed E-state index contributed by atoms with van der Waals surface area (Å²) in [6.07, 6.45) is 0. The average Bonchev–Trinajstić information content (AvgIpc) is 2.48. The van der Waals surface area contributed by atoms with Gasteiger partial charge in [0.2, 0.25) is 0 Å². The highest BCUT2D eigenvalue weighted by molar-refractivity contribution is 5.94. The Hall–Kier alpha value is -1.86. The molecule has 0 bridgehead atoms. The van der Waals surface area contributed by atoms with E-state index in [1.54, 1.807) is 0 Å². The van der Waals surface area contributed by atoms with Gasteiger partial charge in [0.15, 0.2) is 0 Å². The fraction of sp³-hybridized carbons (Fsp3) is 0.500. The first-order chi connectivity index (χ1) is 9.52. The molecule has 0 N–H and O–H groups in total. The Balaban J connectivity index is 2.01. The molecule has 0 aliphatic carbocycles. The standard InChI is InChI=1S/C16H21N3O/c1-12-4-5-15(10-13(12)2)16(20)19-8-6-18(7-9-19)14(3)11-17/h4-5,10,14H,6-9H2,1-3H3. The van der Waals surface area contributed by atoms with E-state index >= 15 is 0 Å². The van der Waals surface area contributed by atoms with E-state index in [-0.39, 0.29) is 11.9 Å². The molecular weight excluding hydrogens is 250 g/mol. The van der Waals surface area contributed by atoms with Gasteiger partial charge in [-0.25, -0.2) is 0 Å². The van der Waals surface area contributed by atoms with Crippen LogP contribution in [-0.2, 0) is 0 Å². The Labute approximate surface area is 120 Å². The zero-order valence-electron chi connectivity index (χ0n) is 12.4. The van der Waals surface area contributed by atoms with Gasteiger partial charge in [0, 0.05) is 31.7 Å². The largest absolute Gasteiger partial charge is 0.336 e. The van der Waals surface area contributed by atoms with Gasteiger partial charge in [-0.15, -0.1) is 0 Å². The van der Waals surface area contributed by atoms with Crippen molar-refractivity contribution in [2.45, 2.75) is 26.8 Å². The van der Waals surface area contributed by atoms with E-state index in [1.165, 1.54) is 5.56 Å². The number of nitrogens with zero attached hydrogens (tertiary/aromatic N) is 3. The first kappa shape index (κ1) is 14.5. The summed E-state index contributed by atoms with van der Waals surface area (Å²) in [5, 5.41) is 8.92. The van der Waals surface area contributed by atoms with E-state index in [2.05, 4.69) is 11.0 Å². The van der Waals surface area contributed by atoms with Crippen molar-refractivity contribution in [3.05, 3.63) is 34.9 Å². The molecule has 2 rings (SSSR count). The van der Waals surface area contributed by atoms with Gasteiger partial charge in [-0.05, 0) is 44.0 Å². The lowest BCUT2D eigenvalue weighted by molar-refractivity contribution is 0.0615. The van der Waals surface area contributed by atoms with Gasteiger partial charge < -0.3 is 4.90 Å². The van der Waals surface area contributed by atoms with E-state index in [0.29, 0.717) is 13.1 Å². The molecule has 1 aliphatic rings. The summed E-state index contributed by atoms with van der Waals surface area (Å²) in [4.78, 5) is 16.4. The van der Waals surface area contributed by atoms with Gasteiger partial charge in [-0.2, -0.15) is 5.26 Å². The molecule has 1 heterocycles. The van der Waals surface area contributed by atoms with Crippen molar-refractivity contribution >= 4 is 5.91 Å². The molecule has 0 saturated carbocycles. The second kappa shape index (κ2) is 6.06. The predicted molar refractivity (Wildman–Crippen MR) is 78.5 cm³/mol. The van der Waals surface area contributed by atoms with Crippen LogP contribution < -0.4 is 0 Å². The van der Waals surface area contributed by atoms with Crippen LogP contribution in [0.3, 0.4) is 0 Å². The van der Waals surface area contributed by atoms with Crippen LogP contribution in [0.15, 0.2) is 18.2 Å². The molecule has 1 unspecified atom stereocenters. The lowest BCUT2D eigenvalue weighted by atomic mass is 10.1. The summed E-state index contributed by atoms with van der Waals surface area (Å²) in [5.74, 6) is 0.0948. The summed E-state index contributed by atoms with van der Waals surface area (Å²) >= 11 is 0. The molecule has 1 aliphatic heterocycles. The number of rotatable bonds is 2. The zero-order valence-corrected chi connectivity index (χ0v) is 12.4. The molecule has 4 nitrogen and oxygen atoms in total. The lowest BCUT2D eigenvalue weighted by Crippen LogP contribution is -2.51. The van der Waals surface area contributed by atoms with Gasteiger partial charge in [0.25, 0.3) is 5.91 Å². The number of nitriles is 1. The third-order valence-corrected chi connectivity index (χ3v) is 4.09. The summed E-state index contributed by atoms with van der Waals surface area (Å²) in [6.45, 7) is 8.90. The van der Waals surface area contributed by atoms with Gasteiger partial charge in [0.05, 0.1) is 12.1 Å². The Morgan fingerprint density at radius 1 is 1.20 bits per heavy atom. The maximum atomic E-state index is 12.5. The molecular formula is C16H21N3O. The number of hydrogen-bond donors (Lipinski definition) is 0. The van der Waals surface area contributed by atoms with E-state index in [1.807, 2.05) is 43.9 Å². The van der Waals surface area contributed by atoms with Gasteiger partial charge in [-0.3, -0.25) is 9.69 Å². The number of carbonyl (C=O) groups is 1. The SMILES string of the molecule is Cc1ccc(C(=O)N2CCN(C(C)C#N)CC2)cc1C. The molecule has 106 valence electrons. The van der Waals surface area contributed by atoms with Crippen molar-refractivity contribution < 1.29 is 4.79 Å². The minimum absolute atomic E-state index is 0.0751. The first-order valence-electron chi connectivity index (χ1n) is 7.03. The van der Waals surface area contributed by atoms with Crippen molar-refractivity contribution in [2.75, 3.05) is 26.2 Å². The summed E-state index contributed by atoms with van der Waals surface area (Å²) < 4.78 is 0. The number of hydrogen-bond acceptors (Lipinski definition) is 3. The third kappa shape index (κ3) is 3.00. The number of benzene rings is 1. The number of aryl methyl sites for hydroxylation is 2. The number of carbonyl (C=O) groups excluding carboxylic acids is 1. The van der Waals surface area contributed by atoms with Crippen LogP contribution in [0.2, 0.25) is 0 Å². The van der Waals surface area contributed by atoms with Crippen LogP contribution in [-0.4, -0.2) is 47.9 Å². The molecule has 1 fully saturated rings. The van der Waals surface area contributed by atoms with E-state index in [4.69, 9.17) is 5.26 Å². The second-order valence-electron chi connectivity index (χ2n) is 5.43. The van der Waals surface area contributed by atoms with Crippen LogP contribution in [0.4, 0.5) is 0 Å². The zero-order chi connectivity index (χ0) is 14.7. The maximum absolute atomic E-state index is 12.5. The molecule has 20 heavy (non-hydrogen) atoms. The topological polar surface area (TPSA) is 47.3 Å². The Morgan fingerprint density at radius 2 is 1.85 bits per heavy atom. The second-order valence-corrected chi connectivity index (χ2v) is 5.43. The monoisotopic (exact) mass is 271 g/mol. The molecule has 0 aromatic heterocycles. The minimum atomic E-state index is -0.0751. The molecule has 0 spiro atoms. The molecule has 1 saturated heterocycles. The normalized spacial score (nSPS) is 17.6. The van der Waals surface area contributed by atoms with Crippen LogP contribution in [0.1, 0.15) is 28.4 Å². The molecule has 1 amide bonds. The summed E-state index contributed by atoms with van der Waals surface area (Å²) in [7, 11) is 0. The highest BCUT2D eigenvalue weighted by Gasteiger charge is 2.24. The van der Waals surface area contributed by atoms with E-state index in [0.717, 1.165) is 24.2 Å². The Bertz CT molecular complexity index is 539. The highest BCUT2D eigenvalue weighted by Crippen LogP contribution is 2.14. The van der Waals surface area contributed by atoms with Crippen LogP contribution in [0, 0.1) is 25.2 Å². The van der Waals surface area contributed by atoms with Crippen molar-refractivity contribution in [2.24, 2.45) is 0 Å². The fourth-order valence-electron chi connectivity index (χ4n) is 2.45. The van der Waals surface area contributed by atoms with Gasteiger partial charge in [-0.1, -0.05) is 6.07 Å². The Morgan fingerprint density at radius 3 is 2.40 bits per heavy atom. The maximum Gasteiger partial charge on any atom is 0.253 e. The number of piperazine rings is 1. The summed E-state index contributed by atoms with van der Waals surface area (Å²) in [5.41, 5.74) is 3.11. The molecule has 1 aromatic rings. The van der Waals surface area contributed by atoms with Crippen molar-refractivity contribution in [1.82, 2.24) is 9.80 Å². The molecule has 1 atom stereocenters. The summed E-state index contributed by atoms with van der Waals surface area (Å²) in [6, 6.07) is 8.03. The van der Waals surface area contributed by atoms with E-state index < -0.39 is 0 Å². The quantitative estimate of drug-likeness (QED) is 0.826. The fourth-order valence-corrected chi connectivity index (χ4v) is 2.45. The predicted octanol–water partition coefficient (Wildman–Crippen LogP) is 1.97. The third-order valence-electron chi connectivity index (χ3n) is 4.09. The molecule has 0 radical (unpaired) electrons. The lowest BCUT2D eigenvalue weighted by Gasteiger charge is -2.36. The van der Waals surface area contributed by atoms with Crippen LogP contribution in [0.25, 0.3) is 0 Å². The van der Waals surface area contributed by atoms with E-state index in [9.17, 15) is 4.79 Å². The van der Waals surface area contributed by atoms with Crippen molar-refractivity contribution in [3.63, 3.8) is 0 Å². The van der Waals surface area contributed by atoms with Crippen LogP contribution in [0.5, 0.6) is 0 Å².